The van der Waals surface area contributed by atoms with Crippen LogP contribution in [0, 0.1) is 3.57 Å². The molecule has 0 unspecified atom stereocenters. The summed E-state index contributed by atoms with van der Waals surface area (Å²) in [5, 5.41) is 2.01. The second-order valence-electron chi connectivity index (χ2n) is 4.01. The molecule has 0 amide bonds. The molecule has 0 radical (unpaired) electrons. The number of fused-ring (bicyclic) bond motifs is 1. The SMILES string of the molecule is NCCc1c(Oc2ccc(I)cc2)nc2sccn12. The maximum atomic E-state index is 5.88. The normalized spacial score (nSPS) is 11.1. The molecule has 0 spiro atoms. The lowest BCUT2D eigenvalue weighted by atomic mass is 10.3. The maximum Gasteiger partial charge on any atom is 0.242 e. The first-order valence-corrected chi connectivity index (χ1v) is 7.81. The van der Waals surface area contributed by atoms with Gasteiger partial charge in [0.25, 0.3) is 0 Å². The lowest BCUT2D eigenvalue weighted by Gasteiger charge is -2.05. The number of nitrogens with two attached hydrogens (primary N) is 1. The van der Waals surface area contributed by atoms with Crippen molar-refractivity contribution in [1.29, 1.82) is 0 Å². The van der Waals surface area contributed by atoms with Crippen molar-refractivity contribution < 1.29 is 4.74 Å². The van der Waals surface area contributed by atoms with E-state index >= 15 is 0 Å². The molecule has 0 aliphatic carbocycles. The summed E-state index contributed by atoms with van der Waals surface area (Å²) in [4.78, 5) is 5.45. The summed E-state index contributed by atoms with van der Waals surface area (Å²) in [5.41, 5.74) is 6.69. The Morgan fingerprint density at radius 2 is 2.11 bits per heavy atom. The predicted octanol–water partition coefficient (Wildman–Crippen LogP) is 3.29. The predicted molar refractivity (Wildman–Crippen MR) is 85.1 cm³/mol. The van der Waals surface area contributed by atoms with Crippen molar-refractivity contribution in [3.8, 4) is 11.6 Å². The first-order chi connectivity index (χ1) is 9.28. The number of hydrogen-bond donors (Lipinski definition) is 1. The second kappa shape index (κ2) is 5.48. The maximum absolute atomic E-state index is 5.88. The second-order valence-corrected chi connectivity index (χ2v) is 6.13. The molecule has 0 fully saturated rings. The molecule has 2 N–H and O–H groups in total. The molecule has 0 saturated heterocycles. The van der Waals surface area contributed by atoms with Crippen LogP contribution in [0.1, 0.15) is 5.69 Å². The van der Waals surface area contributed by atoms with Crippen LogP contribution in [0.15, 0.2) is 35.8 Å². The number of benzene rings is 1. The summed E-state index contributed by atoms with van der Waals surface area (Å²) < 4.78 is 9.10. The number of ether oxygens (including phenoxy) is 1. The molecule has 2 aromatic heterocycles. The van der Waals surface area contributed by atoms with E-state index in [1.165, 1.54) is 3.57 Å². The highest BCUT2D eigenvalue weighted by Crippen LogP contribution is 2.28. The number of aromatic nitrogens is 2. The van der Waals surface area contributed by atoms with E-state index in [1.54, 1.807) is 11.3 Å². The van der Waals surface area contributed by atoms with Crippen LogP contribution in [0.3, 0.4) is 0 Å². The number of hydrogen-bond acceptors (Lipinski definition) is 4. The average molecular weight is 385 g/mol. The first kappa shape index (κ1) is 12.9. The van der Waals surface area contributed by atoms with E-state index in [0.717, 1.165) is 22.8 Å². The number of nitrogens with zero attached hydrogens (tertiary/aromatic N) is 2. The van der Waals surface area contributed by atoms with E-state index in [-0.39, 0.29) is 0 Å². The van der Waals surface area contributed by atoms with Gasteiger partial charge in [0, 0.05) is 21.6 Å². The van der Waals surface area contributed by atoms with Gasteiger partial charge in [-0.1, -0.05) is 0 Å². The minimum Gasteiger partial charge on any atom is -0.437 e. The van der Waals surface area contributed by atoms with Gasteiger partial charge in [-0.3, -0.25) is 4.40 Å². The van der Waals surface area contributed by atoms with Crippen LogP contribution in [0.5, 0.6) is 11.6 Å². The fourth-order valence-corrected chi connectivity index (χ4v) is 2.96. The highest BCUT2D eigenvalue weighted by atomic mass is 127. The van der Waals surface area contributed by atoms with Crippen LogP contribution in [0.4, 0.5) is 0 Å². The summed E-state index contributed by atoms with van der Waals surface area (Å²) in [7, 11) is 0. The van der Waals surface area contributed by atoms with E-state index in [4.69, 9.17) is 10.5 Å². The minimum atomic E-state index is 0.576. The van der Waals surface area contributed by atoms with Gasteiger partial charge in [0.15, 0.2) is 4.96 Å². The first-order valence-electron chi connectivity index (χ1n) is 5.86. The highest BCUT2D eigenvalue weighted by Gasteiger charge is 2.14. The van der Waals surface area contributed by atoms with Crippen LogP contribution >= 0.6 is 33.9 Å². The Balaban J connectivity index is 1.97. The molecule has 4 nitrogen and oxygen atoms in total. The number of imidazole rings is 1. The van der Waals surface area contributed by atoms with Gasteiger partial charge in [0.05, 0.1) is 5.69 Å². The van der Waals surface area contributed by atoms with E-state index < -0.39 is 0 Å². The zero-order valence-electron chi connectivity index (χ0n) is 10.0. The molecule has 3 rings (SSSR count). The topological polar surface area (TPSA) is 52.5 Å². The Morgan fingerprint density at radius 3 is 2.84 bits per heavy atom. The summed E-state index contributed by atoms with van der Waals surface area (Å²) in [6, 6.07) is 7.91. The molecule has 0 saturated carbocycles. The zero-order chi connectivity index (χ0) is 13.2. The van der Waals surface area contributed by atoms with Crippen molar-refractivity contribution >= 4 is 38.9 Å². The number of thiazole rings is 1. The molecule has 0 atom stereocenters. The lowest BCUT2D eigenvalue weighted by molar-refractivity contribution is 0.459. The van der Waals surface area contributed by atoms with Crippen LogP contribution in [0.25, 0.3) is 4.96 Å². The Labute approximate surface area is 128 Å². The minimum absolute atomic E-state index is 0.576. The molecular weight excluding hydrogens is 373 g/mol. The van der Waals surface area contributed by atoms with Crippen LogP contribution in [-0.4, -0.2) is 15.9 Å². The summed E-state index contributed by atoms with van der Waals surface area (Å²) in [6.07, 6.45) is 2.75. The quantitative estimate of drug-likeness (QED) is 0.702. The summed E-state index contributed by atoms with van der Waals surface area (Å²) in [5.74, 6) is 1.45. The van der Waals surface area contributed by atoms with E-state index in [0.29, 0.717) is 12.4 Å². The van der Waals surface area contributed by atoms with Crippen molar-refractivity contribution in [2.75, 3.05) is 6.54 Å². The molecule has 2 heterocycles. The average Bonchev–Trinajstić information content (AvgIpc) is 2.96. The smallest absolute Gasteiger partial charge is 0.242 e. The Hall–Kier alpha value is -1.12. The van der Waals surface area contributed by atoms with Crippen molar-refractivity contribution in [2.45, 2.75) is 6.42 Å². The number of rotatable bonds is 4. The molecule has 6 heteroatoms. The van der Waals surface area contributed by atoms with Gasteiger partial charge in [-0.25, -0.2) is 0 Å². The zero-order valence-corrected chi connectivity index (χ0v) is 13.0. The summed E-state index contributed by atoms with van der Waals surface area (Å²) >= 11 is 3.86. The Kier molecular flexibility index (Phi) is 3.72. The van der Waals surface area contributed by atoms with E-state index in [1.807, 2.05) is 40.2 Å². The van der Waals surface area contributed by atoms with Crippen LogP contribution in [0.2, 0.25) is 0 Å². The van der Waals surface area contributed by atoms with Gasteiger partial charge in [0.2, 0.25) is 5.88 Å². The van der Waals surface area contributed by atoms with Crippen LogP contribution < -0.4 is 10.5 Å². The van der Waals surface area contributed by atoms with Gasteiger partial charge >= 0.3 is 0 Å². The van der Waals surface area contributed by atoms with Crippen molar-refractivity contribution in [2.24, 2.45) is 5.73 Å². The number of halogens is 1. The fraction of sp³-hybridized carbons (Fsp3) is 0.154. The molecular formula is C13H12IN3OS. The van der Waals surface area contributed by atoms with Crippen LogP contribution in [-0.2, 0) is 6.42 Å². The summed E-state index contributed by atoms with van der Waals surface area (Å²) in [6.45, 7) is 0.576. The van der Waals surface area contributed by atoms with Gasteiger partial charge in [-0.2, -0.15) is 4.98 Å². The Morgan fingerprint density at radius 1 is 1.32 bits per heavy atom. The third-order valence-corrected chi connectivity index (χ3v) is 4.21. The molecule has 0 aliphatic heterocycles. The van der Waals surface area contributed by atoms with Gasteiger partial charge in [-0.15, -0.1) is 11.3 Å². The standard InChI is InChI=1S/C13H12IN3OS/c14-9-1-3-10(4-2-9)18-12-11(5-6-15)17-7-8-19-13(17)16-12/h1-4,7-8H,5-6,15H2. The van der Waals surface area contributed by atoms with E-state index in [9.17, 15) is 0 Å². The third-order valence-electron chi connectivity index (χ3n) is 2.73. The van der Waals surface area contributed by atoms with Gasteiger partial charge in [0.1, 0.15) is 5.75 Å². The van der Waals surface area contributed by atoms with E-state index in [2.05, 4.69) is 27.6 Å². The highest BCUT2D eigenvalue weighted by molar-refractivity contribution is 14.1. The monoisotopic (exact) mass is 385 g/mol. The molecule has 0 aliphatic rings. The van der Waals surface area contributed by atoms with Gasteiger partial charge in [-0.05, 0) is 53.4 Å². The fourth-order valence-electron chi connectivity index (χ4n) is 1.87. The van der Waals surface area contributed by atoms with Crippen molar-refractivity contribution in [1.82, 2.24) is 9.38 Å². The lowest BCUT2D eigenvalue weighted by Crippen LogP contribution is -2.05. The van der Waals surface area contributed by atoms with Crippen molar-refractivity contribution in [3.63, 3.8) is 0 Å². The molecule has 0 bridgehead atoms. The third kappa shape index (κ3) is 2.60. The molecule has 3 aromatic rings. The molecule has 98 valence electrons. The van der Waals surface area contributed by atoms with Crippen molar-refractivity contribution in [3.05, 3.63) is 45.1 Å². The Bertz CT molecular complexity index is 690. The molecule has 1 aromatic carbocycles. The largest absolute Gasteiger partial charge is 0.437 e. The van der Waals surface area contributed by atoms with Gasteiger partial charge < -0.3 is 10.5 Å². The molecule has 19 heavy (non-hydrogen) atoms.